The fourth-order valence-electron chi connectivity index (χ4n) is 3.07. The molecule has 0 aromatic heterocycles. The molecule has 1 unspecified atom stereocenters. The SMILES string of the molecule is N#Cc1ccccc1S(=O)(=O)N1CCCC(COc2ccccc2F)C1. The Morgan fingerprint density at radius 1 is 1.19 bits per heavy atom. The molecule has 0 spiro atoms. The van der Waals surface area contributed by atoms with Gasteiger partial charge in [-0.3, -0.25) is 0 Å². The van der Waals surface area contributed by atoms with Gasteiger partial charge >= 0.3 is 0 Å². The van der Waals surface area contributed by atoms with Crippen molar-refractivity contribution in [3.05, 3.63) is 59.9 Å². The highest BCUT2D eigenvalue weighted by atomic mass is 32.2. The highest BCUT2D eigenvalue weighted by Gasteiger charge is 2.32. The number of ether oxygens (including phenoxy) is 1. The molecule has 0 aliphatic carbocycles. The first kappa shape index (κ1) is 18.4. The number of nitrogens with zero attached hydrogens (tertiary/aromatic N) is 2. The molecule has 1 fully saturated rings. The first-order valence-electron chi connectivity index (χ1n) is 8.39. The predicted octanol–water partition coefficient (Wildman–Crippen LogP) is 3.18. The van der Waals surface area contributed by atoms with E-state index in [1.54, 1.807) is 30.3 Å². The van der Waals surface area contributed by atoms with Gasteiger partial charge in [0.15, 0.2) is 11.6 Å². The Balaban J connectivity index is 1.72. The number of piperidine rings is 1. The summed E-state index contributed by atoms with van der Waals surface area (Å²) in [5.41, 5.74) is 0.136. The van der Waals surface area contributed by atoms with Crippen LogP contribution in [0.25, 0.3) is 0 Å². The maximum absolute atomic E-state index is 13.7. The van der Waals surface area contributed by atoms with Crippen LogP contribution in [0.15, 0.2) is 53.4 Å². The third-order valence-corrected chi connectivity index (χ3v) is 6.34. The number of rotatable bonds is 5. The summed E-state index contributed by atoms with van der Waals surface area (Å²) in [6.45, 7) is 0.932. The lowest BCUT2D eigenvalue weighted by molar-refractivity contribution is 0.176. The second-order valence-corrected chi connectivity index (χ2v) is 8.13. The largest absolute Gasteiger partial charge is 0.490 e. The molecule has 3 rings (SSSR count). The van der Waals surface area contributed by atoms with Crippen molar-refractivity contribution >= 4 is 10.0 Å². The summed E-state index contributed by atoms with van der Waals surface area (Å²) < 4.78 is 46.4. The lowest BCUT2D eigenvalue weighted by Crippen LogP contribution is -2.41. The number of hydrogen-bond acceptors (Lipinski definition) is 4. The maximum atomic E-state index is 13.7. The van der Waals surface area contributed by atoms with Crippen LogP contribution >= 0.6 is 0 Å². The number of halogens is 1. The van der Waals surface area contributed by atoms with Crippen LogP contribution in [0.3, 0.4) is 0 Å². The van der Waals surface area contributed by atoms with Crippen LogP contribution in [0.2, 0.25) is 0 Å². The quantitative estimate of drug-likeness (QED) is 0.806. The zero-order valence-corrected chi connectivity index (χ0v) is 15.0. The van der Waals surface area contributed by atoms with Gasteiger partial charge in [-0.1, -0.05) is 24.3 Å². The molecule has 1 saturated heterocycles. The molecule has 0 radical (unpaired) electrons. The van der Waals surface area contributed by atoms with Gasteiger partial charge in [-0.25, -0.2) is 12.8 Å². The van der Waals surface area contributed by atoms with Crippen molar-refractivity contribution in [3.63, 3.8) is 0 Å². The van der Waals surface area contributed by atoms with E-state index < -0.39 is 15.8 Å². The molecule has 0 N–H and O–H groups in total. The van der Waals surface area contributed by atoms with Gasteiger partial charge in [0.25, 0.3) is 0 Å². The summed E-state index contributed by atoms with van der Waals surface area (Å²) in [4.78, 5) is 0.0261. The van der Waals surface area contributed by atoms with Gasteiger partial charge in [0.1, 0.15) is 6.07 Å². The lowest BCUT2D eigenvalue weighted by Gasteiger charge is -2.32. The van der Waals surface area contributed by atoms with Gasteiger partial charge < -0.3 is 4.74 Å². The van der Waals surface area contributed by atoms with E-state index in [2.05, 4.69) is 0 Å². The molecule has 136 valence electrons. The highest BCUT2D eigenvalue weighted by molar-refractivity contribution is 7.89. The topological polar surface area (TPSA) is 70.4 Å². The van der Waals surface area contributed by atoms with E-state index in [9.17, 15) is 18.1 Å². The Bertz CT molecular complexity index is 924. The zero-order valence-electron chi connectivity index (χ0n) is 14.1. The second kappa shape index (κ2) is 7.85. The molecule has 0 bridgehead atoms. The minimum atomic E-state index is -3.75. The molecule has 1 heterocycles. The summed E-state index contributed by atoms with van der Waals surface area (Å²) >= 11 is 0. The van der Waals surface area contributed by atoms with Crippen LogP contribution in [-0.2, 0) is 10.0 Å². The van der Waals surface area contributed by atoms with E-state index in [1.165, 1.54) is 22.5 Å². The van der Waals surface area contributed by atoms with Crippen LogP contribution in [0.4, 0.5) is 4.39 Å². The normalized spacial score (nSPS) is 18.2. The first-order chi connectivity index (χ1) is 12.5. The third-order valence-electron chi connectivity index (χ3n) is 4.42. The Morgan fingerprint density at radius 3 is 2.69 bits per heavy atom. The van der Waals surface area contributed by atoms with E-state index in [-0.39, 0.29) is 35.3 Å². The summed E-state index contributed by atoms with van der Waals surface area (Å²) in [7, 11) is -3.75. The molecular weight excluding hydrogens is 355 g/mol. The van der Waals surface area contributed by atoms with Crippen molar-refractivity contribution < 1.29 is 17.5 Å². The molecule has 7 heteroatoms. The van der Waals surface area contributed by atoms with Crippen LogP contribution in [0.1, 0.15) is 18.4 Å². The van der Waals surface area contributed by atoms with Crippen molar-refractivity contribution in [1.29, 1.82) is 5.26 Å². The summed E-state index contributed by atoms with van der Waals surface area (Å²) in [5.74, 6) is -0.301. The first-order valence-corrected chi connectivity index (χ1v) is 9.83. The van der Waals surface area contributed by atoms with Crippen LogP contribution in [-0.4, -0.2) is 32.4 Å². The van der Waals surface area contributed by atoms with Crippen LogP contribution in [0, 0.1) is 23.1 Å². The molecule has 26 heavy (non-hydrogen) atoms. The summed E-state index contributed by atoms with van der Waals surface area (Å²) in [6.07, 6.45) is 1.50. The van der Waals surface area contributed by atoms with Crippen LogP contribution in [0.5, 0.6) is 5.75 Å². The Morgan fingerprint density at radius 2 is 1.92 bits per heavy atom. The van der Waals surface area contributed by atoms with E-state index >= 15 is 0 Å². The summed E-state index contributed by atoms with van der Waals surface area (Å²) in [6, 6.07) is 14.3. The third kappa shape index (κ3) is 3.87. The van der Waals surface area contributed by atoms with Gasteiger partial charge in [0.2, 0.25) is 10.0 Å². The molecular formula is C19H19FN2O3S. The predicted molar refractivity (Wildman–Crippen MR) is 94.5 cm³/mol. The Labute approximate surface area is 152 Å². The Kier molecular flexibility index (Phi) is 5.55. The molecule has 1 atom stereocenters. The molecule has 5 nitrogen and oxygen atoms in total. The second-order valence-electron chi connectivity index (χ2n) is 6.22. The van der Waals surface area contributed by atoms with E-state index in [4.69, 9.17) is 4.74 Å². The number of sulfonamides is 1. The molecule has 2 aromatic carbocycles. The van der Waals surface area contributed by atoms with E-state index in [1.807, 2.05) is 6.07 Å². The van der Waals surface area contributed by atoms with Gasteiger partial charge in [-0.15, -0.1) is 0 Å². The molecule has 1 aliphatic rings. The molecule has 1 aliphatic heterocycles. The van der Waals surface area contributed by atoms with Gasteiger partial charge in [-0.05, 0) is 37.1 Å². The van der Waals surface area contributed by atoms with E-state index in [0.29, 0.717) is 13.0 Å². The smallest absolute Gasteiger partial charge is 0.244 e. The van der Waals surface area contributed by atoms with Gasteiger partial charge in [0.05, 0.1) is 17.1 Å². The van der Waals surface area contributed by atoms with Crippen molar-refractivity contribution in [2.75, 3.05) is 19.7 Å². The fourth-order valence-corrected chi connectivity index (χ4v) is 4.77. The molecule has 0 amide bonds. The monoisotopic (exact) mass is 374 g/mol. The molecule has 0 saturated carbocycles. The average Bonchev–Trinajstić information content (AvgIpc) is 2.67. The number of benzene rings is 2. The fraction of sp³-hybridized carbons (Fsp3) is 0.316. The van der Waals surface area contributed by atoms with Crippen LogP contribution < -0.4 is 4.74 Å². The lowest BCUT2D eigenvalue weighted by atomic mass is 10.0. The molecule has 2 aromatic rings. The van der Waals surface area contributed by atoms with Crippen molar-refractivity contribution in [3.8, 4) is 11.8 Å². The van der Waals surface area contributed by atoms with Crippen molar-refractivity contribution in [1.82, 2.24) is 4.31 Å². The maximum Gasteiger partial charge on any atom is 0.244 e. The van der Waals surface area contributed by atoms with E-state index in [0.717, 1.165) is 6.42 Å². The van der Waals surface area contributed by atoms with Gasteiger partial charge in [0, 0.05) is 19.0 Å². The Hall–Kier alpha value is -2.43. The van der Waals surface area contributed by atoms with Crippen molar-refractivity contribution in [2.24, 2.45) is 5.92 Å². The van der Waals surface area contributed by atoms with Gasteiger partial charge in [-0.2, -0.15) is 9.57 Å². The number of hydrogen-bond donors (Lipinski definition) is 0. The summed E-state index contributed by atoms with van der Waals surface area (Å²) in [5, 5.41) is 9.18. The highest BCUT2D eigenvalue weighted by Crippen LogP contribution is 2.26. The minimum Gasteiger partial charge on any atom is -0.490 e. The average molecular weight is 374 g/mol. The van der Waals surface area contributed by atoms with Crippen molar-refractivity contribution in [2.45, 2.75) is 17.7 Å². The number of nitriles is 1. The minimum absolute atomic E-state index is 0.0261. The standard InChI is InChI=1S/C19H19FN2O3S/c20-17-8-2-3-9-18(17)25-14-15-6-5-11-22(13-15)26(23,24)19-10-4-1-7-16(19)12-21/h1-4,7-10,15H,5-6,11,13-14H2. The zero-order chi connectivity index (χ0) is 18.6. The number of para-hydroxylation sites is 1.